The highest BCUT2D eigenvalue weighted by Crippen LogP contribution is 2.28. The van der Waals surface area contributed by atoms with Gasteiger partial charge in [-0.05, 0) is 51.2 Å². The van der Waals surface area contributed by atoms with E-state index in [2.05, 4.69) is 4.98 Å². The van der Waals surface area contributed by atoms with E-state index in [4.69, 9.17) is 5.11 Å². The van der Waals surface area contributed by atoms with Crippen molar-refractivity contribution in [2.75, 3.05) is 0 Å². The minimum atomic E-state index is -2.59. The molecule has 1 rings (SSSR count). The van der Waals surface area contributed by atoms with Crippen LogP contribution in [0.2, 0.25) is 0 Å². The summed E-state index contributed by atoms with van der Waals surface area (Å²) in [7, 11) is 0. The van der Waals surface area contributed by atoms with Crippen LogP contribution in [0, 0.1) is 7.40 Å². The molecular weight excluding hydrogens is 394 g/mol. The molecule has 12 heavy (non-hydrogen) atoms. The van der Waals surface area contributed by atoms with Crippen molar-refractivity contribution in [1.29, 1.82) is 0 Å². The molecular formula is C6H3F2I2NO. The first-order valence-electron chi connectivity index (χ1n) is 2.85. The van der Waals surface area contributed by atoms with Crippen molar-refractivity contribution in [3.8, 4) is 5.75 Å². The molecule has 2 nitrogen and oxygen atoms in total. The predicted molar refractivity (Wildman–Crippen MR) is 56.3 cm³/mol. The summed E-state index contributed by atoms with van der Waals surface area (Å²) in [5.74, 6) is -0.202. The summed E-state index contributed by atoms with van der Waals surface area (Å²) in [6.07, 6.45) is -2.59. The van der Waals surface area contributed by atoms with Gasteiger partial charge in [0.05, 0.1) is 5.56 Å². The smallest absolute Gasteiger partial charge is 0.266 e. The van der Waals surface area contributed by atoms with Gasteiger partial charge in [-0.15, -0.1) is 0 Å². The van der Waals surface area contributed by atoms with Crippen LogP contribution in [-0.4, -0.2) is 10.1 Å². The molecule has 1 heterocycles. The summed E-state index contributed by atoms with van der Waals surface area (Å²) in [5.41, 5.74) is -0.228. The van der Waals surface area contributed by atoms with Crippen molar-refractivity contribution in [2.24, 2.45) is 0 Å². The van der Waals surface area contributed by atoms with E-state index in [9.17, 15) is 8.78 Å². The first-order valence-corrected chi connectivity index (χ1v) is 5.01. The Hall–Kier alpha value is 0.270. The van der Waals surface area contributed by atoms with Crippen molar-refractivity contribution in [1.82, 2.24) is 4.98 Å². The summed E-state index contributed by atoms with van der Waals surface area (Å²) in [6, 6.07) is 1.04. The molecule has 0 aliphatic rings. The van der Waals surface area contributed by atoms with Crippen molar-refractivity contribution >= 4 is 45.2 Å². The molecule has 1 aromatic heterocycles. The van der Waals surface area contributed by atoms with Gasteiger partial charge in [0.15, 0.2) is 0 Å². The third kappa shape index (κ3) is 2.15. The van der Waals surface area contributed by atoms with Gasteiger partial charge in [-0.2, -0.15) is 0 Å². The standard InChI is InChI=1S/C6H3F2I2NO/c7-4(8)2-1-3(12)6(10)11-5(2)9/h1,4,12H. The van der Waals surface area contributed by atoms with Crippen LogP contribution in [0.25, 0.3) is 0 Å². The van der Waals surface area contributed by atoms with Gasteiger partial charge in [0.25, 0.3) is 6.43 Å². The van der Waals surface area contributed by atoms with Crippen molar-refractivity contribution in [3.63, 3.8) is 0 Å². The SMILES string of the molecule is Oc1cc(C(F)F)c(I)nc1I. The van der Waals surface area contributed by atoms with E-state index < -0.39 is 6.43 Å². The van der Waals surface area contributed by atoms with Gasteiger partial charge in [-0.25, -0.2) is 13.8 Å². The summed E-state index contributed by atoms with van der Waals surface area (Å²) in [4.78, 5) is 3.74. The van der Waals surface area contributed by atoms with Crippen molar-refractivity contribution in [3.05, 3.63) is 19.0 Å². The van der Waals surface area contributed by atoms with Gasteiger partial charge in [0, 0.05) is 0 Å². The van der Waals surface area contributed by atoms with Crippen LogP contribution in [0.3, 0.4) is 0 Å². The Morgan fingerprint density at radius 2 is 1.92 bits per heavy atom. The lowest BCUT2D eigenvalue weighted by Crippen LogP contribution is -1.95. The van der Waals surface area contributed by atoms with E-state index in [-0.39, 0.29) is 15.0 Å². The lowest BCUT2D eigenvalue weighted by molar-refractivity contribution is 0.149. The van der Waals surface area contributed by atoms with Crippen LogP contribution >= 0.6 is 45.2 Å². The van der Waals surface area contributed by atoms with E-state index in [1.807, 2.05) is 0 Å². The van der Waals surface area contributed by atoms with Gasteiger partial charge < -0.3 is 5.11 Å². The highest BCUT2D eigenvalue weighted by atomic mass is 127. The third-order valence-corrected chi connectivity index (χ3v) is 2.83. The van der Waals surface area contributed by atoms with E-state index in [0.717, 1.165) is 6.07 Å². The molecule has 6 heteroatoms. The first-order chi connectivity index (χ1) is 5.52. The second-order valence-electron chi connectivity index (χ2n) is 1.98. The molecule has 0 aromatic carbocycles. The van der Waals surface area contributed by atoms with Crippen LogP contribution in [0.5, 0.6) is 5.75 Å². The second-order valence-corrected chi connectivity index (χ2v) is 4.02. The summed E-state index contributed by atoms with van der Waals surface area (Å²) >= 11 is 3.49. The second kappa shape index (κ2) is 3.99. The molecule has 0 spiro atoms. The fourth-order valence-corrected chi connectivity index (χ4v) is 2.12. The number of rotatable bonds is 1. The van der Waals surface area contributed by atoms with Crippen LogP contribution < -0.4 is 0 Å². The molecule has 0 fully saturated rings. The Bertz CT molecular complexity index is 306. The van der Waals surface area contributed by atoms with Crippen LogP contribution in [0.4, 0.5) is 8.78 Å². The number of hydrogen-bond acceptors (Lipinski definition) is 2. The Morgan fingerprint density at radius 3 is 2.42 bits per heavy atom. The molecule has 0 atom stereocenters. The van der Waals surface area contributed by atoms with Crippen molar-refractivity contribution < 1.29 is 13.9 Å². The number of hydrogen-bond donors (Lipinski definition) is 1. The monoisotopic (exact) mass is 397 g/mol. The first kappa shape index (κ1) is 10.4. The normalized spacial score (nSPS) is 10.8. The zero-order valence-electron chi connectivity index (χ0n) is 5.56. The van der Waals surface area contributed by atoms with Gasteiger partial charge >= 0.3 is 0 Å². The molecule has 0 saturated heterocycles. The number of aromatic hydroxyl groups is 1. The molecule has 0 saturated carbocycles. The van der Waals surface area contributed by atoms with Gasteiger partial charge in [-0.3, -0.25) is 0 Å². The van der Waals surface area contributed by atoms with Gasteiger partial charge in [-0.1, -0.05) is 0 Å². The van der Waals surface area contributed by atoms with E-state index in [1.54, 1.807) is 45.2 Å². The van der Waals surface area contributed by atoms with E-state index in [0.29, 0.717) is 3.70 Å². The number of aromatic nitrogens is 1. The fraction of sp³-hybridized carbons (Fsp3) is 0.167. The molecule has 0 radical (unpaired) electrons. The molecule has 0 bridgehead atoms. The van der Waals surface area contributed by atoms with Gasteiger partial charge in [0.2, 0.25) is 0 Å². The third-order valence-electron chi connectivity index (χ3n) is 1.17. The lowest BCUT2D eigenvalue weighted by atomic mass is 10.3. The predicted octanol–water partition coefficient (Wildman–Crippen LogP) is 2.93. The van der Waals surface area contributed by atoms with Gasteiger partial charge in [0.1, 0.15) is 13.2 Å². The van der Waals surface area contributed by atoms with Crippen LogP contribution in [0.1, 0.15) is 12.0 Å². The highest BCUT2D eigenvalue weighted by Gasteiger charge is 2.15. The maximum Gasteiger partial charge on any atom is 0.266 e. The summed E-state index contributed by atoms with van der Waals surface area (Å²) in [5, 5.41) is 9.07. The minimum absolute atomic E-state index is 0.202. The fourth-order valence-electron chi connectivity index (χ4n) is 0.627. The topological polar surface area (TPSA) is 33.1 Å². The summed E-state index contributed by atoms with van der Waals surface area (Å²) in [6.45, 7) is 0. The Balaban J connectivity index is 3.23. The molecule has 1 aromatic rings. The average Bonchev–Trinajstić information content (AvgIpc) is 1.96. The Labute approximate surface area is 94.7 Å². The molecule has 1 N–H and O–H groups in total. The number of alkyl halides is 2. The van der Waals surface area contributed by atoms with E-state index in [1.165, 1.54) is 0 Å². The summed E-state index contributed by atoms with van der Waals surface area (Å²) < 4.78 is 24.9. The minimum Gasteiger partial charge on any atom is -0.505 e. The van der Waals surface area contributed by atoms with E-state index >= 15 is 0 Å². The quantitative estimate of drug-likeness (QED) is 0.585. The Morgan fingerprint density at radius 1 is 1.33 bits per heavy atom. The largest absolute Gasteiger partial charge is 0.505 e. The zero-order valence-corrected chi connectivity index (χ0v) is 9.88. The molecule has 0 unspecified atom stereocenters. The maximum absolute atomic E-state index is 12.2. The Kier molecular flexibility index (Phi) is 3.44. The molecule has 0 amide bonds. The van der Waals surface area contributed by atoms with Crippen molar-refractivity contribution in [2.45, 2.75) is 6.43 Å². The zero-order chi connectivity index (χ0) is 9.30. The highest BCUT2D eigenvalue weighted by molar-refractivity contribution is 14.1. The maximum atomic E-state index is 12.2. The van der Waals surface area contributed by atoms with Crippen LogP contribution in [-0.2, 0) is 0 Å². The number of pyridine rings is 1. The lowest BCUT2D eigenvalue weighted by Gasteiger charge is -2.03. The van der Waals surface area contributed by atoms with Crippen LogP contribution in [0.15, 0.2) is 6.07 Å². The number of halogens is 4. The number of nitrogens with zero attached hydrogens (tertiary/aromatic N) is 1. The molecule has 66 valence electrons. The molecule has 0 aliphatic heterocycles. The average molecular weight is 397 g/mol. The molecule has 0 aliphatic carbocycles.